The normalized spacial score (nSPS) is 25.9. The van der Waals surface area contributed by atoms with Crippen molar-refractivity contribution in [2.75, 3.05) is 0 Å². The monoisotopic (exact) mass is 196 g/mol. The fourth-order valence-corrected chi connectivity index (χ4v) is 1.99. The van der Waals surface area contributed by atoms with Crippen LogP contribution in [-0.2, 0) is 9.59 Å². The van der Waals surface area contributed by atoms with Crippen molar-refractivity contribution in [2.24, 2.45) is 11.8 Å². The van der Waals surface area contributed by atoms with Gasteiger partial charge in [-0.05, 0) is 32.8 Å². The lowest BCUT2D eigenvalue weighted by Gasteiger charge is -2.12. The van der Waals surface area contributed by atoms with Crippen LogP contribution in [0.3, 0.4) is 0 Å². The molecule has 1 aliphatic carbocycles. The maximum atomic E-state index is 11.6. The van der Waals surface area contributed by atoms with Crippen LogP contribution in [0.1, 0.15) is 33.1 Å². The Morgan fingerprint density at radius 1 is 1.21 bits per heavy atom. The predicted molar refractivity (Wildman–Crippen MR) is 52.9 cm³/mol. The van der Waals surface area contributed by atoms with E-state index in [1.54, 1.807) is 6.08 Å². The average molecular weight is 196 g/mol. The molecule has 0 aromatic rings. The standard InChI is InChI=1S/C11H16O3/c1-7(2)6-10(12)8-4-3-5-9(8)11(13)14/h6,8-9H,3-5H2,1-2H3,(H,13,14)/t8-,9+/m1/s1. The van der Waals surface area contributed by atoms with Crippen LogP contribution >= 0.6 is 0 Å². The highest BCUT2D eigenvalue weighted by Gasteiger charge is 2.36. The molecule has 0 aromatic carbocycles. The van der Waals surface area contributed by atoms with E-state index in [9.17, 15) is 9.59 Å². The van der Waals surface area contributed by atoms with Crippen LogP contribution in [0.15, 0.2) is 11.6 Å². The maximum absolute atomic E-state index is 11.6. The summed E-state index contributed by atoms with van der Waals surface area (Å²) >= 11 is 0. The lowest BCUT2D eigenvalue weighted by molar-refractivity contribution is -0.144. The fraction of sp³-hybridized carbons (Fsp3) is 0.636. The second-order valence-electron chi connectivity index (χ2n) is 4.11. The van der Waals surface area contributed by atoms with Gasteiger partial charge in [0.15, 0.2) is 5.78 Å². The van der Waals surface area contributed by atoms with E-state index >= 15 is 0 Å². The molecule has 0 aliphatic heterocycles. The molecule has 1 rings (SSSR count). The smallest absolute Gasteiger partial charge is 0.307 e. The lowest BCUT2D eigenvalue weighted by Crippen LogP contribution is -2.24. The summed E-state index contributed by atoms with van der Waals surface area (Å²) in [6.45, 7) is 3.70. The number of rotatable bonds is 3. The van der Waals surface area contributed by atoms with Crippen molar-refractivity contribution < 1.29 is 14.7 Å². The number of carbonyl (C=O) groups excluding carboxylic acids is 1. The minimum Gasteiger partial charge on any atom is -0.481 e. The Labute approximate surface area is 83.8 Å². The summed E-state index contributed by atoms with van der Waals surface area (Å²) in [5, 5.41) is 8.89. The van der Waals surface area contributed by atoms with Crippen LogP contribution in [-0.4, -0.2) is 16.9 Å². The third kappa shape index (κ3) is 2.44. The second-order valence-corrected chi connectivity index (χ2v) is 4.11. The Kier molecular flexibility index (Phi) is 3.44. The first-order chi connectivity index (χ1) is 6.52. The van der Waals surface area contributed by atoms with E-state index in [2.05, 4.69) is 0 Å². The molecule has 3 nitrogen and oxygen atoms in total. The Morgan fingerprint density at radius 2 is 1.79 bits per heavy atom. The molecule has 1 aliphatic rings. The molecular weight excluding hydrogens is 180 g/mol. The Morgan fingerprint density at radius 3 is 2.29 bits per heavy atom. The number of hydrogen-bond acceptors (Lipinski definition) is 2. The minimum atomic E-state index is -0.831. The number of carboxylic acids is 1. The molecule has 0 unspecified atom stereocenters. The van der Waals surface area contributed by atoms with E-state index in [-0.39, 0.29) is 11.7 Å². The second kappa shape index (κ2) is 4.40. The number of carboxylic acid groups (broad SMARTS) is 1. The molecule has 1 fully saturated rings. The number of hydrogen-bond donors (Lipinski definition) is 1. The molecular formula is C11H16O3. The van der Waals surface area contributed by atoms with Crippen molar-refractivity contribution in [2.45, 2.75) is 33.1 Å². The van der Waals surface area contributed by atoms with E-state index < -0.39 is 11.9 Å². The van der Waals surface area contributed by atoms with E-state index in [0.29, 0.717) is 6.42 Å². The van der Waals surface area contributed by atoms with Gasteiger partial charge in [-0.3, -0.25) is 9.59 Å². The molecule has 2 atom stereocenters. The quantitative estimate of drug-likeness (QED) is 0.702. The molecule has 0 saturated heterocycles. The number of allylic oxidation sites excluding steroid dienone is 2. The zero-order valence-corrected chi connectivity index (χ0v) is 8.62. The fourth-order valence-electron chi connectivity index (χ4n) is 1.99. The Balaban J connectivity index is 2.72. The Hall–Kier alpha value is -1.12. The van der Waals surface area contributed by atoms with Gasteiger partial charge >= 0.3 is 5.97 Å². The van der Waals surface area contributed by atoms with Gasteiger partial charge in [0.2, 0.25) is 0 Å². The third-order valence-electron chi connectivity index (χ3n) is 2.63. The molecule has 0 amide bonds. The maximum Gasteiger partial charge on any atom is 0.307 e. The molecule has 0 bridgehead atoms. The van der Waals surface area contributed by atoms with Gasteiger partial charge in [-0.15, -0.1) is 0 Å². The summed E-state index contributed by atoms with van der Waals surface area (Å²) in [5.74, 6) is -1.60. The highest BCUT2D eigenvalue weighted by atomic mass is 16.4. The van der Waals surface area contributed by atoms with Gasteiger partial charge in [-0.1, -0.05) is 12.0 Å². The molecule has 1 saturated carbocycles. The van der Waals surface area contributed by atoms with Gasteiger partial charge in [0.05, 0.1) is 5.92 Å². The lowest BCUT2D eigenvalue weighted by atomic mass is 9.91. The molecule has 0 aromatic heterocycles. The van der Waals surface area contributed by atoms with Crippen LogP contribution in [0.5, 0.6) is 0 Å². The topological polar surface area (TPSA) is 54.4 Å². The van der Waals surface area contributed by atoms with Gasteiger partial charge in [0, 0.05) is 5.92 Å². The number of aliphatic carboxylic acids is 1. The van der Waals surface area contributed by atoms with Crippen molar-refractivity contribution in [3.05, 3.63) is 11.6 Å². The van der Waals surface area contributed by atoms with Crippen molar-refractivity contribution in [3.63, 3.8) is 0 Å². The van der Waals surface area contributed by atoms with Gasteiger partial charge in [-0.2, -0.15) is 0 Å². The van der Waals surface area contributed by atoms with Crippen molar-refractivity contribution in [1.29, 1.82) is 0 Å². The van der Waals surface area contributed by atoms with E-state index in [1.807, 2.05) is 13.8 Å². The zero-order chi connectivity index (χ0) is 10.7. The van der Waals surface area contributed by atoms with E-state index in [0.717, 1.165) is 18.4 Å². The summed E-state index contributed by atoms with van der Waals surface area (Å²) < 4.78 is 0. The molecule has 0 heterocycles. The molecule has 0 spiro atoms. The van der Waals surface area contributed by atoms with Crippen LogP contribution in [0.4, 0.5) is 0 Å². The molecule has 78 valence electrons. The van der Waals surface area contributed by atoms with Crippen LogP contribution < -0.4 is 0 Å². The minimum absolute atomic E-state index is 0.0186. The van der Waals surface area contributed by atoms with Crippen LogP contribution in [0, 0.1) is 11.8 Å². The molecule has 3 heteroatoms. The van der Waals surface area contributed by atoms with Crippen LogP contribution in [0.2, 0.25) is 0 Å². The summed E-state index contributed by atoms with van der Waals surface area (Å²) in [7, 11) is 0. The van der Waals surface area contributed by atoms with Gasteiger partial charge in [-0.25, -0.2) is 0 Å². The highest BCUT2D eigenvalue weighted by molar-refractivity contribution is 5.95. The average Bonchev–Trinajstić information content (AvgIpc) is 2.49. The van der Waals surface area contributed by atoms with Gasteiger partial charge in [0.1, 0.15) is 0 Å². The van der Waals surface area contributed by atoms with Crippen molar-refractivity contribution >= 4 is 11.8 Å². The SMILES string of the molecule is CC(C)=CC(=O)[C@@H]1CCC[C@@H]1C(=O)O. The number of ketones is 1. The summed E-state index contributed by atoms with van der Waals surface area (Å²) in [5.41, 5.74) is 0.936. The summed E-state index contributed by atoms with van der Waals surface area (Å²) in [4.78, 5) is 22.5. The molecule has 14 heavy (non-hydrogen) atoms. The first kappa shape index (κ1) is 11.0. The molecule has 0 radical (unpaired) electrons. The first-order valence-electron chi connectivity index (χ1n) is 4.94. The van der Waals surface area contributed by atoms with E-state index in [4.69, 9.17) is 5.11 Å². The summed E-state index contributed by atoms with van der Waals surface area (Å²) in [6, 6.07) is 0. The highest BCUT2D eigenvalue weighted by Crippen LogP contribution is 2.33. The Bertz CT molecular complexity index is 274. The molecule has 1 N–H and O–H groups in total. The van der Waals surface area contributed by atoms with Crippen molar-refractivity contribution in [3.8, 4) is 0 Å². The van der Waals surface area contributed by atoms with Crippen molar-refractivity contribution in [1.82, 2.24) is 0 Å². The third-order valence-corrected chi connectivity index (χ3v) is 2.63. The largest absolute Gasteiger partial charge is 0.481 e. The van der Waals surface area contributed by atoms with Gasteiger partial charge in [0.25, 0.3) is 0 Å². The van der Waals surface area contributed by atoms with Crippen LogP contribution in [0.25, 0.3) is 0 Å². The number of carbonyl (C=O) groups is 2. The first-order valence-corrected chi connectivity index (χ1v) is 4.94. The van der Waals surface area contributed by atoms with Gasteiger partial charge < -0.3 is 5.11 Å². The van der Waals surface area contributed by atoms with E-state index in [1.165, 1.54) is 0 Å². The summed E-state index contributed by atoms with van der Waals surface area (Å²) in [6.07, 6.45) is 3.78. The zero-order valence-electron chi connectivity index (χ0n) is 8.62. The predicted octanol–water partition coefficient (Wildman–Crippen LogP) is 2.02.